The van der Waals surface area contributed by atoms with Crippen LogP contribution in [0.5, 0.6) is 0 Å². The first-order valence-electron chi connectivity index (χ1n) is 8.60. The molecule has 0 aliphatic rings. The largest absolute Gasteiger partial charge is 0.465 e. The van der Waals surface area contributed by atoms with Crippen LogP contribution in [0.2, 0.25) is 0 Å². The van der Waals surface area contributed by atoms with Crippen molar-refractivity contribution in [3.05, 3.63) is 64.6 Å². The van der Waals surface area contributed by atoms with Gasteiger partial charge in [0.1, 0.15) is 5.65 Å². The molecule has 0 bridgehead atoms. The van der Waals surface area contributed by atoms with Gasteiger partial charge in [-0.05, 0) is 32.9 Å². The third-order valence-corrected chi connectivity index (χ3v) is 5.72. The highest BCUT2D eigenvalue weighted by molar-refractivity contribution is 7.15. The Bertz CT molecular complexity index is 1170. The Balaban J connectivity index is 1.92. The molecule has 1 aromatic carbocycles. The van der Waals surface area contributed by atoms with E-state index in [1.807, 2.05) is 43.5 Å². The van der Waals surface area contributed by atoms with E-state index in [-0.39, 0.29) is 5.97 Å². The van der Waals surface area contributed by atoms with Crippen molar-refractivity contribution in [2.45, 2.75) is 20.8 Å². The second kappa shape index (κ2) is 6.63. The summed E-state index contributed by atoms with van der Waals surface area (Å²) in [5.74, 6) is -0.365. The SMILES string of the molecule is COC(=O)c1ccn2c(C)c(-c3ccccc3-c3sc(C)nc3C)nc2c1. The number of nitrogens with zero attached hydrogens (tertiary/aromatic N) is 3. The maximum absolute atomic E-state index is 11.8. The van der Waals surface area contributed by atoms with Crippen LogP contribution in [-0.4, -0.2) is 27.4 Å². The average Bonchev–Trinajstić information content (AvgIpc) is 3.19. The molecule has 3 aromatic heterocycles. The number of esters is 1. The normalized spacial score (nSPS) is 11.1. The summed E-state index contributed by atoms with van der Waals surface area (Å²) in [5, 5.41) is 1.05. The van der Waals surface area contributed by atoms with Gasteiger partial charge in [0.15, 0.2) is 0 Å². The zero-order valence-corrected chi connectivity index (χ0v) is 16.4. The van der Waals surface area contributed by atoms with Crippen molar-refractivity contribution in [3.8, 4) is 21.7 Å². The van der Waals surface area contributed by atoms with Crippen molar-refractivity contribution in [3.63, 3.8) is 0 Å². The number of aryl methyl sites for hydroxylation is 3. The van der Waals surface area contributed by atoms with Crippen LogP contribution in [0, 0.1) is 20.8 Å². The fourth-order valence-corrected chi connectivity index (χ4v) is 4.30. The molecule has 0 aliphatic carbocycles. The minimum atomic E-state index is -0.365. The highest BCUT2D eigenvalue weighted by Gasteiger charge is 2.18. The highest BCUT2D eigenvalue weighted by atomic mass is 32.1. The van der Waals surface area contributed by atoms with Crippen molar-refractivity contribution in [2.24, 2.45) is 0 Å². The van der Waals surface area contributed by atoms with Crippen molar-refractivity contribution in [1.82, 2.24) is 14.4 Å². The fourth-order valence-electron chi connectivity index (χ4n) is 3.34. The molecule has 0 saturated carbocycles. The third-order valence-electron chi connectivity index (χ3n) is 4.62. The van der Waals surface area contributed by atoms with Gasteiger partial charge < -0.3 is 9.14 Å². The lowest BCUT2D eigenvalue weighted by molar-refractivity contribution is 0.0600. The number of methoxy groups -OCH3 is 1. The maximum atomic E-state index is 11.8. The monoisotopic (exact) mass is 377 g/mol. The number of aromatic nitrogens is 3. The van der Waals surface area contributed by atoms with Gasteiger partial charge in [-0.25, -0.2) is 14.8 Å². The summed E-state index contributed by atoms with van der Waals surface area (Å²) in [4.78, 5) is 22.4. The molecule has 0 aliphatic heterocycles. The molecule has 0 atom stereocenters. The van der Waals surface area contributed by atoms with Crippen LogP contribution in [0.1, 0.15) is 26.8 Å². The van der Waals surface area contributed by atoms with Gasteiger partial charge in [0.05, 0.1) is 33.9 Å². The molecular formula is C21H19N3O2S. The number of ether oxygens (including phenoxy) is 1. The number of pyridine rings is 1. The van der Waals surface area contributed by atoms with Gasteiger partial charge in [-0.2, -0.15) is 0 Å². The standard InChI is InChI=1S/C21H19N3O2S/c1-12-20(27-14(3)22-12)17-8-6-5-7-16(17)19-13(2)24-10-9-15(21(25)26-4)11-18(24)23-19/h5-11H,1-4H3. The molecule has 4 rings (SSSR count). The van der Waals surface area contributed by atoms with Gasteiger partial charge in [-0.3, -0.25) is 0 Å². The van der Waals surface area contributed by atoms with Crippen LogP contribution in [0.15, 0.2) is 42.6 Å². The van der Waals surface area contributed by atoms with Gasteiger partial charge in [0.25, 0.3) is 0 Å². The molecule has 0 saturated heterocycles. The quantitative estimate of drug-likeness (QED) is 0.480. The minimum absolute atomic E-state index is 0.365. The molecule has 27 heavy (non-hydrogen) atoms. The first kappa shape index (κ1) is 17.4. The zero-order chi connectivity index (χ0) is 19.1. The lowest BCUT2D eigenvalue weighted by atomic mass is 10.0. The van der Waals surface area contributed by atoms with Crippen LogP contribution in [0.4, 0.5) is 0 Å². The number of carbonyl (C=O) groups is 1. The Kier molecular flexibility index (Phi) is 4.28. The number of hydrogen-bond donors (Lipinski definition) is 0. The molecule has 3 heterocycles. The van der Waals surface area contributed by atoms with Crippen molar-refractivity contribution in [1.29, 1.82) is 0 Å². The Morgan fingerprint density at radius 2 is 1.81 bits per heavy atom. The number of carbonyl (C=O) groups excluding carboxylic acids is 1. The van der Waals surface area contributed by atoms with Gasteiger partial charge >= 0.3 is 5.97 Å². The first-order valence-corrected chi connectivity index (χ1v) is 9.42. The summed E-state index contributed by atoms with van der Waals surface area (Å²) in [6.45, 7) is 6.10. The smallest absolute Gasteiger partial charge is 0.338 e. The van der Waals surface area contributed by atoms with Crippen LogP contribution in [0.3, 0.4) is 0 Å². The molecule has 0 unspecified atom stereocenters. The highest BCUT2D eigenvalue weighted by Crippen LogP contribution is 2.38. The molecule has 4 aromatic rings. The summed E-state index contributed by atoms with van der Waals surface area (Å²) >= 11 is 1.69. The maximum Gasteiger partial charge on any atom is 0.338 e. The van der Waals surface area contributed by atoms with E-state index in [0.29, 0.717) is 5.56 Å². The van der Waals surface area contributed by atoms with Crippen LogP contribution in [-0.2, 0) is 4.74 Å². The van der Waals surface area contributed by atoms with Crippen LogP contribution in [0.25, 0.3) is 27.3 Å². The predicted molar refractivity (Wildman–Crippen MR) is 107 cm³/mol. The molecule has 0 radical (unpaired) electrons. The van der Waals surface area contributed by atoms with Crippen molar-refractivity contribution >= 4 is 23.0 Å². The second-order valence-corrected chi connectivity index (χ2v) is 7.58. The average molecular weight is 377 g/mol. The second-order valence-electron chi connectivity index (χ2n) is 6.37. The van der Waals surface area contributed by atoms with Gasteiger partial charge in [0.2, 0.25) is 0 Å². The minimum Gasteiger partial charge on any atom is -0.465 e. The number of benzene rings is 1. The predicted octanol–water partition coefficient (Wildman–Crippen LogP) is 4.84. The molecule has 136 valence electrons. The van der Waals surface area contributed by atoms with E-state index in [0.717, 1.165) is 43.7 Å². The molecule has 0 N–H and O–H groups in total. The van der Waals surface area contributed by atoms with Gasteiger partial charge in [-0.1, -0.05) is 24.3 Å². The Morgan fingerprint density at radius 1 is 1.07 bits per heavy atom. The van der Waals surface area contributed by atoms with E-state index in [2.05, 4.69) is 17.1 Å². The van der Waals surface area contributed by atoms with Crippen LogP contribution < -0.4 is 0 Å². The number of fused-ring (bicyclic) bond motifs is 1. The first-order chi connectivity index (χ1) is 13.0. The summed E-state index contributed by atoms with van der Waals surface area (Å²) < 4.78 is 6.81. The summed E-state index contributed by atoms with van der Waals surface area (Å²) in [6, 6.07) is 11.8. The Hall–Kier alpha value is -2.99. The van der Waals surface area contributed by atoms with Crippen molar-refractivity contribution < 1.29 is 9.53 Å². The van der Waals surface area contributed by atoms with Crippen molar-refractivity contribution in [2.75, 3.05) is 7.11 Å². The molecule has 0 amide bonds. The number of hydrogen-bond acceptors (Lipinski definition) is 5. The Labute approximate surface area is 161 Å². The molecule has 0 spiro atoms. The van der Waals surface area contributed by atoms with Gasteiger partial charge in [-0.15, -0.1) is 11.3 Å². The van der Waals surface area contributed by atoms with E-state index >= 15 is 0 Å². The molecular weight excluding hydrogens is 358 g/mol. The molecule has 0 fully saturated rings. The van der Waals surface area contributed by atoms with Gasteiger partial charge in [0, 0.05) is 23.0 Å². The molecule has 6 heteroatoms. The number of rotatable bonds is 3. The van der Waals surface area contributed by atoms with E-state index in [4.69, 9.17) is 9.72 Å². The Morgan fingerprint density at radius 3 is 2.48 bits per heavy atom. The lowest BCUT2D eigenvalue weighted by Crippen LogP contribution is -2.02. The summed E-state index contributed by atoms with van der Waals surface area (Å²) in [5.41, 5.74) is 6.34. The lowest BCUT2D eigenvalue weighted by Gasteiger charge is -2.07. The number of thiazole rings is 1. The molecule has 5 nitrogen and oxygen atoms in total. The summed E-state index contributed by atoms with van der Waals surface area (Å²) in [7, 11) is 1.38. The van der Waals surface area contributed by atoms with E-state index in [9.17, 15) is 4.79 Å². The third kappa shape index (κ3) is 2.92. The zero-order valence-electron chi connectivity index (χ0n) is 15.6. The van der Waals surface area contributed by atoms with E-state index in [1.165, 1.54) is 7.11 Å². The topological polar surface area (TPSA) is 56.5 Å². The number of imidazole rings is 1. The van der Waals surface area contributed by atoms with Crippen LogP contribution >= 0.6 is 11.3 Å². The van der Waals surface area contributed by atoms with E-state index < -0.39 is 0 Å². The fraction of sp³-hybridized carbons (Fsp3) is 0.190. The summed E-state index contributed by atoms with van der Waals surface area (Å²) in [6.07, 6.45) is 1.86. The van der Waals surface area contributed by atoms with E-state index in [1.54, 1.807) is 23.5 Å².